The number of ether oxygens (including phenoxy) is 1. The highest BCUT2D eigenvalue weighted by atomic mass is 32.2. The Morgan fingerprint density at radius 1 is 1.35 bits per heavy atom. The van der Waals surface area contributed by atoms with E-state index in [2.05, 4.69) is 11.9 Å². The van der Waals surface area contributed by atoms with Crippen LogP contribution in [0.25, 0.3) is 0 Å². The second-order valence-corrected chi connectivity index (χ2v) is 9.42. The maximum absolute atomic E-state index is 12.4. The summed E-state index contributed by atoms with van der Waals surface area (Å²) in [5.74, 6) is -0.810. The number of urea groups is 1. The highest BCUT2D eigenvalue weighted by Gasteiger charge is 2.65. The van der Waals surface area contributed by atoms with E-state index in [0.717, 1.165) is 6.42 Å². The molecule has 0 aliphatic heterocycles. The molecule has 0 spiro atoms. The zero-order valence-electron chi connectivity index (χ0n) is 15.4. The van der Waals surface area contributed by atoms with Crippen LogP contribution in [0.1, 0.15) is 40.0 Å². The van der Waals surface area contributed by atoms with Crippen molar-refractivity contribution in [1.29, 1.82) is 0 Å². The molecule has 0 saturated heterocycles. The molecule has 0 heterocycles. The molecule has 2 aliphatic rings. The van der Waals surface area contributed by atoms with E-state index in [-0.39, 0.29) is 36.2 Å². The Kier molecular flexibility index (Phi) is 5.51. The van der Waals surface area contributed by atoms with Gasteiger partial charge in [0.2, 0.25) is 10.0 Å². The van der Waals surface area contributed by atoms with Crippen LogP contribution in [0.3, 0.4) is 0 Å². The van der Waals surface area contributed by atoms with Gasteiger partial charge >= 0.3 is 12.0 Å². The third-order valence-corrected chi connectivity index (χ3v) is 7.16. The molecule has 2 atom stereocenters. The minimum Gasteiger partial charge on any atom is -0.460 e. The fourth-order valence-electron chi connectivity index (χ4n) is 4.08. The van der Waals surface area contributed by atoms with Gasteiger partial charge in [0.05, 0.1) is 17.7 Å². The molecule has 146 valence electrons. The number of esters is 1. The average molecular weight is 386 g/mol. The number of ketones is 1. The molecule has 2 rings (SSSR count). The van der Waals surface area contributed by atoms with E-state index in [1.54, 1.807) is 0 Å². The topological polar surface area (TPSA) is 119 Å². The molecule has 2 aliphatic carbocycles. The van der Waals surface area contributed by atoms with Crippen molar-refractivity contribution >= 4 is 27.8 Å². The summed E-state index contributed by atoms with van der Waals surface area (Å²) in [5, 5.41) is 2.31. The van der Waals surface area contributed by atoms with Crippen LogP contribution in [0.15, 0.2) is 12.2 Å². The smallest absolute Gasteiger partial charge is 0.333 e. The third-order valence-electron chi connectivity index (χ3n) is 5.79. The van der Waals surface area contributed by atoms with Crippen molar-refractivity contribution in [3.8, 4) is 0 Å². The maximum Gasteiger partial charge on any atom is 0.333 e. The Bertz CT molecular complexity index is 742. The standard InChI is InChI=1S/C17H26N2O6S/c1-11(2)14(21)25-8-7-18-15(22)19-26(23,24)10-17-6-5-12(9-13(17)20)16(17,3)4/h12H,1,5-10H2,2-4H3,(H2,18,19,22). The van der Waals surface area contributed by atoms with Crippen LogP contribution < -0.4 is 10.0 Å². The number of hydrogen-bond donors (Lipinski definition) is 2. The lowest BCUT2D eigenvalue weighted by Gasteiger charge is -2.36. The maximum atomic E-state index is 12.4. The lowest BCUT2D eigenvalue weighted by molar-refractivity contribution is -0.138. The summed E-state index contributed by atoms with van der Waals surface area (Å²) in [6.45, 7) is 8.63. The molecule has 0 aromatic rings. The first kappa shape index (κ1) is 20.4. The molecule has 9 heteroatoms. The van der Waals surface area contributed by atoms with Crippen LogP contribution >= 0.6 is 0 Å². The number of amides is 2. The van der Waals surface area contributed by atoms with Gasteiger partial charge in [-0.25, -0.2) is 22.7 Å². The van der Waals surface area contributed by atoms with Crippen LogP contribution in [0.2, 0.25) is 0 Å². The van der Waals surface area contributed by atoms with Crippen LogP contribution in [0, 0.1) is 16.7 Å². The van der Waals surface area contributed by atoms with Gasteiger partial charge in [0.25, 0.3) is 0 Å². The molecule has 8 nitrogen and oxygen atoms in total. The summed E-state index contributed by atoms with van der Waals surface area (Å²) < 4.78 is 31.6. The number of rotatable bonds is 7. The first-order valence-electron chi connectivity index (χ1n) is 8.55. The highest BCUT2D eigenvalue weighted by molar-refractivity contribution is 7.90. The summed E-state index contributed by atoms with van der Waals surface area (Å²) in [6.07, 6.45) is 1.76. The van der Waals surface area contributed by atoms with Gasteiger partial charge in [-0.3, -0.25) is 4.79 Å². The van der Waals surface area contributed by atoms with Crippen molar-refractivity contribution in [3.63, 3.8) is 0 Å². The summed E-state index contributed by atoms with van der Waals surface area (Å²) in [4.78, 5) is 35.4. The molecule has 0 aromatic carbocycles. The van der Waals surface area contributed by atoms with Crippen molar-refractivity contribution in [2.24, 2.45) is 16.7 Å². The van der Waals surface area contributed by atoms with Crippen LogP contribution in [-0.4, -0.2) is 45.1 Å². The number of carbonyl (C=O) groups excluding carboxylic acids is 3. The van der Waals surface area contributed by atoms with E-state index < -0.39 is 32.9 Å². The summed E-state index contributed by atoms with van der Waals surface area (Å²) in [5.41, 5.74) is -1.10. The monoisotopic (exact) mass is 386 g/mol. The average Bonchev–Trinajstić information content (AvgIpc) is 2.84. The molecule has 2 saturated carbocycles. The fraction of sp³-hybridized carbons (Fsp3) is 0.706. The van der Waals surface area contributed by atoms with Crippen LogP contribution in [0.5, 0.6) is 0 Å². The first-order chi connectivity index (χ1) is 11.9. The van der Waals surface area contributed by atoms with Crippen LogP contribution in [-0.2, 0) is 24.3 Å². The zero-order valence-corrected chi connectivity index (χ0v) is 16.2. The van der Waals surface area contributed by atoms with E-state index >= 15 is 0 Å². The Morgan fingerprint density at radius 2 is 2.00 bits per heavy atom. The van der Waals surface area contributed by atoms with Gasteiger partial charge in [-0.15, -0.1) is 0 Å². The SMILES string of the molecule is C=C(C)C(=O)OCCNC(=O)NS(=O)(=O)CC12CCC(CC1=O)C2(C)C. The zero-order chi connectivity index (χ0) is 19.8. The van der Waals surface area contributed by atoms with E-state index in [0.29, 0.717) is 12.8 Å². The van der Waals surface area contributed by atoms with E-state index in [4.69, 9.17) is 4.74 Å². The molecule has 2 bridgehead atoms. The normalized spacial score (nSPS) is 26.4. The van der Waals surface area contributed by atoms with E-state index in [1.165, 1.54) is 6.92 Å². The van der Waals surface area contributed by atoms with Crippen molar-refractivity contribution in [1.82, 2.24) is 10.0 Å². The first-order valence-corrected chi connectivity index (χ1v) is 10.2. The Hall–Kier alpha value is -1.90. The molecule has 2 amide bonds. The number of hydrogen-bond acceptors (Lipinski definition) is 6. The predicted molar refractivity (Wildman–Crippen MR) is 94.7 cm³/mol. The molecular weight excluding hydrogens is 360 g/mol. The molecular formula is C17H26N2O6S. The van der Waals surface area contributed by atoms with Crippen LogP contribution in [0.4, 0.5) is 4.79 Å². The van der Waals surface area contributed by atoms with E-state index in [1.807, 2.05) is 18.6 Å². The lowest BCUT2D eigenvalue weighted by atomic mass is 9.70. The highest BCUT2D eigenvalue weighted by Crippen LogP contribution is 2.64. The van der Waals surface area contributed by atoms with Gasteiger partial charge in [-0.1, -0.05) is 20.4 Å². The number of Topliss-reactive ketones (excluding diaryl/α,β-unsaturated/α-hetero) is 1. The van der Waals surface area contributed by atoms with Crippen molar-refractivity contribution in [2.45, 2.75) is 40.0 Å². The second-order valence-electron chi connectivity index (χ2n) is 7.70. The number of sulfonamides is 1. The van der Waals surface area contributed by atoms with Gasteiger partial charge in [-0.2, -0.15) is 0 Å². The Labute approximate surface area is 153 Å². The summed E-state index contributed by atoms with van der Waals surface area (Å²) in [6, 6.07) is -0.912. The van der Waals surface area contributed by atoms with Crippen molar-refractivity contribution in [3.05, 3.63) is 12.2 Å². The fourth-order valence-corrected chi connectivity index (χ4v) is 5.83. The van der Waals surface area contributed by atoms with Gasteiger partial charge in [0.15, 0.2) is 0 Å². The van der Waals surface area contributed by atoms with Crippen molar-refractivity contribution in [2.75, 3.05) is 18.9 Å². The van der Waals surface area contributed by atoms with Gasteiger partial charge in [0, 0.05) is 12.0 Å². The molecule has 0 aromatic heterocycles. The second kappa shape index (κ2) is 7.02. The number of carbonyl (C=O) groups is 3. The largest absolute Gasteiger partial charge is 0.460 e. The van der Waals surface area contributed by atoms with E-state index in [9.17, 15) is 22.8 Å². The molecule has 2 unspecified atom stereocenters. The van der Waals surface area contributed by atoms with Gasteiger partial charge < -0.3 is 10.1 Å². The Morgan fingerprint density at radius 3 is 2.50 bits per heavy atom. The number of nitrogens with one attached hydrogen (secondary N) is 2. The molecule has 26 heavy (non-hydrogen) atoms. The molecule has 2 fully saturated rings. The lowest BCUT2D eigenvalue weighted by Crippen LogP contribution is -2.48. The quantitative estimate of drug-likeness (QED) is 0.385. The van der Waals surface area contributed by atoms with Gasteiger partial charge in [-0.05, 0) is 31.1 Å². The molecule has 0 radical (unpaired) electrons. The minimum absolute atomic E-state index is 0.0313. The molecule has 2 N–H and O–H groups in total. The number of fused-ring (bicyclic) bond motifs is 2. The third kappa shape index (κ3) is 3.77. The van der Waals surface area contributed by atoms with Crippen molar-refractivity contribution < 1.29 is 27.5 Å². The summed E-state index contributed by atoms with van der Waals surface area (Å²) >= 11 is 0. The predicted octanol–water partition coefficient (Wildman–Crippen LogP) is 1.13. The Balaban J connectivity index is 1.89. The van der Waals surface area contributed by atoms with Gasteiger partial charge in [0.1, 0.15) is 12.4 Å². The minimum atomic E-state index is -3.98. The summed E-state index contributed by atoms with van der Waals surface area (Å²) in [7, 11) is -3.98.